The summed E-state index contributed by atoms with van der Waals surface area (Å²) < 4.78 is 0. The molecule has 1 heterocycles. The summed E-state index contributed by atoms with van der Waals surface area (Å²) in [6.45, 7) is 3.54. The maximum Gasteiger partial charge on any atom is 0.488 e. The van der Waals surface area contributed by atoms with Crippen LogP contribution in [0.2, 0.25) is 5.02 Å². The number of phenols is 1. The third-order valence-electron chi connectivity index (χ3n) is 7.92. The topological polar surface area (TPSA) is 139 Å². The Kier molecular flexibility index (Phi) is 9.54. The van der Waals surface area contributed by atoms with Gasteiger partial charge >= 0.3 is 7.12 Å². The van der Waals surface area contributed by atoms with Gasteiger partial charge in [-0.05, 0) is 79.5 Å². The van der Waals surface area contributed by atoms with E-state index in [0.29, 0.717) is 36.3 Å². The predicted molar refractivity (Wildman–Crippen MR) is 155 cm³/mol. The number of carbonyl (C=O) groups excluding carboxylic acids is 2. The number of rotatable bonds is 10. The number of amides is 2. The molecule has 1 fully saturated rings. The van der Waals surface area contributed by atoms with Crippen molar-refractivity contribution in [1.82, 2.24) is 0 Å². The number of benzene rings is 2. The minimum absolute atomic E-state index is 0.0773. The van der Waals surface area contributed by atoms with Crippen LogP contribution in [-0.2, 0) is 9.59 Å². The van der Waals surface area contributed by atoms with Gasteiger partial charge in [0.25, 0.3) is 0 Å². The third kappa shape index (κ3) is 6.04. The number of hydrogen-bond donors (Lipinski definition) is 5. The molecule has 1 saturated heterocycles. The van der Waals surface area contributed by atoms with Crippen LogP contribution in [0.3, 0.4) is 0 Å². The van der Waals surface area contributed by atoms with Crippen molar-refractivity contribution in [2.45, 2.75) is 52.1 Å². The molecule has 40 heavy (non-hydrogen) atoms. The lowest BCUT2D eigenvalue weighted by molar-refractivity contribution is -0.123. The molecule has 212 valence electrons. The fourth-order valence-electron chi connectivity index (χ4n) is 6.07. The van der Waals surface area contributed by atoms with E-state index < -0.39 is 36.9 Å². The van der Waals surface area contributed by atoms with Crippen LogP contribution in [0.15, 0.2) is 59.2 Å². The summed E-state index contributed by atoms with van der Waals surface area (Å²) in [5, 5.41) is 51.1. The molecule has 0 unspecified atom stereocenters. The van der Waals surface area contributed by atoms with Gasteiger partial charge in [-0.2, -0.15) is 0 Å². The first-order valence-corrected chi connectivity index (χ1v) is 13.9. The van der Waals surface area contributed by atoms with E-state index in [4.69, 9.17) is 11.6 Å². The maximum atomic E-state index is 13.7. The van der Waals surface area contributed by atoms with E-state index in [-0.39, 0.29) is 29.4 Å². The van der Waals surface area contributed by atoms with E-state index in [9.17, 15) is 35.0 Å². The van der Waals surface area contributed by atoms with Gasteiger partial charge in [0.1, 0.15) is 5.75 Å². The Labute approximate surface area is 239 Å². The first-order chi connectivity index (χ1) is 19.1. The molecular formula is C30H35BClNO7. The molecule has 2 aliphatic rings. The third-order valence-corrected chi connectivity index (χ3v) is 8.24. The van der Waals surface area contributed by atoms with Gasteiger partial charge in [0.05, 0.1) is 35.3 Å². The Hall–Kier alpha value is -2.95. The average Bonchev–Trinajstić information content (AvgIpc) is 3.17. The van der Waals surface area contributed by atoms with Gasteiger partial charge in [-0.25, -0.2) is 0 Å². The number of allylic oxidation sites excluding steroid dienone is 2. The van der Waals surface area contributed by atoms with E-state index in [1.165, 1.54) is 18.2 Å². The summed E-state index contributed by atoms with van der Waals surface area (Å²) >= 11 is 6.23. The molecule has 2 aromatic carbocycles. The summed E-state index contributed by atoms with van der Waals surface area (Å²) in [7, 11) is -1.75. The fraction of sp³-hybridized carbons (Fsp3) is 0.400. The first kappa shape index (κ1) is 30.0. The summed E-state index contributed by atoms with van der Waals surface area (Å²) in [4.78, 5) is 28.3. The van der Waals surface area contributed by atoms with Crippen LogP contribution < -0.4 is 10.4 Å². The van der Waals surface area contributed by atoms with Crippen molar-refractivity contribution in [2.75, 3.05) is 11.5 Å². The summed E-state index contributed by atoms with van der Waals surface area (Å²) in [5.41, 5.74) is 3.66. The molecule has 8 nitrogen and oxygen atoms in total. The number of carbonyl (C=O) groups is 2. The summed E-state index contributed by atoms with van der Waals surface area (Å²) in [5.74, 6) is -2.96. The highest BCUT2D eigenvalue weighted by molar-refractivity contribution is 6.58. The molecule has 5 N–H and O–H groups in total. The Morgan fingerprint density at radius 2 is 1.93 bits per heavy atom. The van der Waals surface area contributed by atoms with Crippen molar-refractivity contribution < 1.29 is 35.0 Å². The molecule has 10 heteroatoms. The molecule has 2 aromatic rings. The highest BCUT2D eigenvalue weighted by Crippen LogP contribution is 2.48. The monoisotopic (exact) mass is 567 g/mol. The molecule has 0 aromatic heterocycles. The van der Waals surface area contributed by atoms with Gasteiger partial charge in [0.2, 0.25) is 11.8 Å². The molecule has 0 spiro atoms. The number of aromatic hydroxyl groups is 1. The minimum atomic E-state index is -1.75. The number of nitrogens with zero attached hydrogens (tertiary/aromatic N) is 1. The Balaban J connectivity index is 1.60. The number of aliphatic hydroxyl groups is 2. The second-order valence-electron chi connectivity index (χ2n) is 10.7. The molecule has 2 amide bonds. The predicted octanol–water partition coefficient (Wildman–Crippen LogP) is 3.18. The van der Waals surface area contributed by atoms with Crippen LogP contribution in [-0.4, -0.2) is 57.0 Å². The lowest BCUT2D eigenvalue weighted by atomic mass is 9.67. The lowest BCUT2D eigenvalue weighted by Crippen LogP contribution is -2.39. The standard InChI is InChI=1S/C30H35BClNO7/c1-3-5-19-13-23-28(30(38)33(29(23)37)21-7-4-6-20(14-21)31(39)40)24(16-34)27(19)26(36)11-8-17(2)12-18-9-10-22(35)15-25(18)32/h4,6-7,9-10,12,14-15,23-24,26,28,34-36,39-40H,3,5,8,11,13,16H2,1-2H3/b17-12+/t23-,24+,26-,28-/m1/s1. The minimum Gasteiger partial charge on any atom is -0.508 e. The Morgan fingerprint density at radius 1 is 1.18 bits per heavy atom. The van der Waals surface area contributed by atoms with Crippen molar-refractivity contribution in [3.05, 3.63) is 69.8 Å². The van der Waals surface area contributed by atoms with Crippen molar-refractivity contribution in [3.63, 3.8) is 0 Å². The first-order valence-electron chi connectivity index (χ1n) is 13.6. The van der Waals surface area contributed by atoms with Crippen LogP contribution in [0.5, 0.6) is 5.75 Å². The van der Waals surface area contributed by atoms with E-state index in [1.54, 1.807) is 24.3 Å². The number of anilines is 1. The van der Waals surface area contributed by atoms with Crippen molar-refractivity contribution in [2.24, 2.45) is 17.8 Å². The van der Waals surface area contributed by atoms with Crippen LogP contribution in [0, 0.1) is 17.8 Å². The van der Waals surface area contributed by atoms with Crippen molar-refractivity contribution in [3.8, 4) is 5.75 Å². The van der Waals surface area contributed by atoms with Crippen LogP contribution in [0.25, 0.3) is 6.08 Å². The van der Waals surface area contributed by atoms with Gasteiger partial charge in [-0.15, -0.1) is 0 Å². The van der Waals surface area contributed by atoms with Crippen molar-refractivity contribution >= 4 is 47.8 Å². The largest absolute Gasteiger partial charge is 0.508 e. The molecular weight excluding hydrogens is 533 g/mol. The molecule has 4 rings (SSSR count). The molecule has 4 atom stereocenters. The highest BCUT2D eigenvalue weighted by atomic mass is 35.5. The molecule has 1 aliphatic heterocycles. The van der Waals surface area contributed by atoms with Gasteiger partial charge in [-0.1, -0.05) is 54.3 Å². The number of hydrogen-bond acceptors (Lipinski definition) is 7. The Bertz CT molecular complexity index is 1340. The van der Waals surface area contributed by atoms with E-state index in [1.807, 2.05) is 19.9 Å². The zero-order valence-electron chi connectivity index (χ0n) is 22.6. The maximum absolute atomic E-state index is 13.7. The zero-order valence-corrected chi connectivity index (χ0v) is 23.4. The lowest BCUT2D eigenvalue weighted by Gasteiger charge is -2.36. The van der Waals surface area contributed by atoms with Crippen LogP contribution in [0.1, 0.15) is 51.5 Å². The van der Waals surface area contributed by atoms with Gasteiger partial charge in [-0.3, -0.25) is 14.5 Å². The van der Waals surface area contributed by atoms with Gasteiger partial charge in [0.15, 0.2) is 0 Å². The van der Waals surface area contributed by atoms with Crippen LogP contribution >= 0.6 is 11.6 Å². The van der Waals surface area contributed by atoms with E-state index in [2.05, 4.69) is 0 Å². The summed E-state index contributed by atoms with van der Waals surface area (Å²) in [6, 6.07) is 10.7. The number of fused-ring (bicyclic) bond motifs is 1. The summed E-state index contributed by atoms with van der Waals surface area (Å²) in [6.07, 6.45) is 3.61. The fourth-order valence-corrected chi connectivity index (χ4v) is 6.30. The number of imide groups is 1. The van der Waals surface area contributed by atoms with Gasteiger partial charge in [0, 0.05) is 5.92 Å². The number of phenolic OH excluding ortho intramolecular Hbond substituents is 1. The number of halogens is 1. The highest BCUT2D eigenvalue weighted by Gasteiger charge is 2.55. The zero-order chi connectivity index (χ0) is 29.1. The quantitative estimate of drug-likeness (QED) is 0.169. The van der Waals surface area contributed by atoms with E-state index in [0.717, 1.165) is 28.0 Å². The second-order valence-corrected chi connectivity index (χ2v) is 11.1. The molecule has 1 aliphatic carbocycles. The molecule has 0 bridgehead atoms. The normalized spacial score (nSPS) is 22.1. The SMILES string of the molecule is CCCC1=C([C@H](O)CC/C(C)=C/c2ccc(O)cc2Cl)[C@H](CO)[C@@H]2C(=O)N(c3cccc(B(O)O)c3)C(=O)[C@@H]2C1. The molecule has 0 saturated carbocycles. The van der Waals surface area contributed by atoms with E-state index >= 15 is 0 Å². The average molecular weight is 568 g/mol. The number of aliphatic hydroxyl groups excluding tert-OH is 2. The second kappa shape index (κ2) is 12.7. The molecule has 0 radical (unpaired) electrons. The smallest absolute Gasteiger partial charge is 0.488 e. The van der Waals surface area contributed by atoms with Crippen LogP contribution in [0.4, 0.5) is 5.69 Å². The van der Waals surface area contributed by atoms with Crippen molar-refractivity contribution in [1.29, 1.82) is 0 Å². The van der Waals surface area contributed by atoms with Gasteiger partial charge < -0.3 is 25.4 Å². The Morgan fingerprint density at radius 3 is 2.58 bits per heavy atom.